The first-order valence-corrected chi connectivity index (χ1v) is 8.06. The van der Waals surface area contributed by atoms with E-state index in [-0.39, 0.29) is 12.1 Å². The summed E-state index contributed by atoms with van der Waals surface area (Å²) in [6, 6.07) is 8.02. The molecular formula is C16H12Cl2F4N2O3. The van der Waals surface area contributed by atoms with E-state index in [0.29, 0.717) is 5.56 Å². The number of esters is 1. The van der Waals surface area contributed by atoms with Crippen LogP contribution in [0, 0.1) is 0 Å². The first-order valence-electron chi connectivity index (χ1n) is 7.31. The third kappa shape index (κ3) is 5.61. The fourth-order valence-corrected chi connectivity index (χ4v) is 2.24. The van der Waals surface area contributed by atoms with Crippen LogP contribution in [0.15, 0.2) is 57.0 Å². The molecule has 1 aromatic rings. The summed E-state index contributed by atoms with van der Waals surface area (Å²) in [6.07, 6.45) is -8.65. The number of halogens is 6. The molecule has 11 heteroatoms. The fourth-order valence-electron chi connectivity index (χ4n) is 1.90. The Hall–Kier alpha value is -2.26. The molecule has 1 aliphatic rings. The highest BCUT2D eigenvalue weighted by atomic mass is 35.5. The van der Waals surface area contributed by atoms with Crippen molar-refractivity contribution in [3.05, 3.63) is 57.6 Å². The van der Waals surface area contributed by atoms with Gasteiger partial charge in [0.25, 0.3) is 6.10 Å². The number of benzene rings is 1. The first kappa shape index (κ1) is 21.0. The predicted molar refractivity (Wildman–Crippen MR) is 90.3 cm³/mol. The van der Waals surface area contributed by atoms with E-state index in [1.54, 1.807) is 30.3 Å². The molecule has 146 valence electrons. The van der Waals surface area contributed by atoms with Crippen molar-refractivity contribution in [3.63, 3.8) is 0 Å². The lowest BCUT2D eigenvalue weighted by atomic mass is 10.2. The van der Waals surface area contributed by atoms with Crippen molar-refractivity contribution in [3.8, 4) is 0 Å². The second-order valence-corrected chi connectivity index (χ2v) is 6.10. The Morgan fingerprint density at radius 3 is 2.48 bits per heavy atom. The van der Waals surface area contributed by atoms with E-state index in [2.05, 4.69) is 14.5 Å². The first-order chi connectivity index (χ1) is 12.6. The van der Waals surface area contributed by atoms with Crippen LogP contribution in [0.4, 0.5) is 17.6 Å². The van der Waals surface area contributed by atoms with Gasteiger partial charge in [-0.1, -0.05) is 53.5 Å². The van der Waals surface area contributed by atoms with Crippen molar-refractivity contribution in [2.24, 2.45) is 10.7 Å². The van der Waals surface area contributed by atoms with Crippen molar-refractivity contribution < 1.29 is 31.8 Å². The number of alkyl halides is 3. The minimum absolute atomic E-state index is 0.272. The summed E-state index contributed by atoms with van der Waals surface area (Å²) in [5.41, 5.74) is 5.71. The van der Waals surface area contributed by atoms with E-state index in [4.69, 9.17) is 28.9 Å². The molecule has 2 N–H and O–H groups in total. The van der Waals surface area contributed by atoms with Crippen molar-refractivity contribution in [1.82, 2.24) is 0 Å². The summed E-state index contributed by atoms with van der Waals surface area (Å²) >= 11 is 11.3. The maximum atomic E-state index is 13.7. The van der Waals surface area contributed by atoms with Gasteiger partial charge in [-0.25, -0.2) is 4.79 Å². The SMILES string of the molecule is NC1=C(Cl)C(OC(C(=O)OCc2ccccc2)C(F)(F)F)=NC(F)=C(Cl)C1. The summed E-state index contributed by atoms with van der Waals surface area (Å²) < 4.78 is 62.6. The number of aliphatic imine (C=N–C) groups is 1. The Labute approximate surface area is 161 Å². The highest BCUT2D eigenvalue weighted by Crippen LogP contribution is 2.30. The smallest absolute Gasteiger partial charge is 0.436 e. The van der Waals surface area contributed by atoms with E-state index in [9.17, 15) is 22.4 Å². The number of nitrogens with two attached hydrogens (primary N) is 1. The van der Waals surface area contributed by atoms with Gasteiger partial charge in [-0.15, -0.1) is 0 Å². The lowest BCUT2D eigenvalue weighted by molar-refractivity contribution is -0.214. The van der Waals surface area contributed by atoms with Gasteiger partial charge in [-0.3, -0.25) is 0 Å². The molecule has 1 unspecified atom stereocenters. The quantitative estimate of drug-likeness (QED) is 0.443. The molecule has 2 rings (SSSR count). The van der Waals surface area contributed by atoms with Gasteiger partial charge < -0.3 is 15.2 Å². The molecule has 27 heavy (non-hydrogen) atoms. The predicted octanol–water partition coefficient (Wildman–Crippen LogP) is 4.27. The summed E-state index contributed by atoms with van der Waals surface area (Å²) in [7, 11) is 0. The van der Waals surface area contributed by atoms with Gasteiger partial charge in [0.2, 0.25) is 11.8 Å². The normalized spacial score (nSPS) is 16.6. The molecule has 0 spiro atoms. The molecule has 0 saturated heterocycles. The Morgan fingerprint density at radius 2 is 1.89 bits per heavy atom. The molecule has 1 heterocycles. The van der Waals surface area contributed by atoms with Crippen molar-refractivity contribution in [1.29, 1.82) is 0 Å². The molecular weight excluding hydrogens is 415 g/mol. The lowest BCUT2D eigenvalue weighted by Crippen LogP contribution is -2.42. The van der Waals surface area contributed by atoms with Crippen LogP contribution in [0.3, 0.4) is 0 Å². The third-order valence-corrected chi connectivity index (χ3v) is 3.90. The number of carbonyl (C=O) groups is 1. The molecule has 0 aliphatic carbocycles. The van der Waals surface area contributed by atoms with Crippen molar-refractivity contribution in [2.75, 3.05) is 0 Å². The number of ether oxygens (including phenoxy) is 2. The molecule has 1 aliphatic heterocycles. The second kappa shape index (κ2) is 8.62. The van der Waals surface area contributed by atoms with E-state index in [1.807, 2.05) is 0 Å². The van der Waals surface area contributed by atoms with Gasteiger partial charge >= 0.3 is 12.1 Å². The monoisotopic (exact) mass is 426 g/mol. The van der Waals surface area contributed by atoms with E-state index >= 15 is 0 Å². The zero-order valence-electron chi connectivity index (χ0n) is 13.4. The zero-order chi connectivity index (χ0) is 20.2. The molecule has 1 aromatic carbocycles. The van der Waals surface area contributed by atoms with Gasteiger partial charge in [-0.2, -0.15) is 22.6 Å². The third-order valence-electron chi connectivity index (χ3n) is 3.20. The molecule has 0 aromatic heterocycles. The van der Waals surface area contributed by atoms with Crippen LogP contribution in [0.1, 0.15) is 12.0 Å². The maximum Gasteiger partial charge on any atom is 0.436 e. The summed E-state index contributed by atoms with van der Waals surface area (Å²) in [6.45, 7) is -0.423. The van der Waals surface area contributed by atoms with Crippen LogP contribution in [-0.2, 0) is 20.9 Å². The van der Waals surface area contributed by atoms with E-state index in [0.717, 1.165) is 0 Å². The minimum atomic E-state index is -5.18. The van der Waals surface area contributed by atoms with Crippen molar-refractivity contribution in [2.45, 2.75) is 25.3 Å². The Morgan fingerprint density at radius 1 is 1.26 bits per heavy atom. The largest absolute Gasteiger partial charge is 0.458 e. The average molecular weight is 427 g/mol. The number of allylic oxidation sites excluding steroid dienone is 1. The van der Waals surface area contributed by atoms with Crippen LogP contribution in [0.25, 0.3) is 0 Å². The molecule has 0 saturated carbocycles. The van der Waals surface area contributed by atoms with Gasteiger partial charge in [0.15, 0.2) is 0 Å². The Kier molecular flexibility index (Phi) is 6.72. The van der Waals surface area contributed by atoms with Crippen LogP contribution in [0.5, 0.6) is 0 Å². The fraction of sp³-hybridized carbons (Fsp3) is 0.250. The summed E-state index contributed by atoms with van der Waals surface area (Å²) in [5.74, 6) is -4.11. The summed E-state index contributed by atoms with van der Waals surface area (Å²) in [4.78, 5) is 15.1. The van der Waals surface area contributed by atoms with Gasteiger partial charge in [0.1, 0.15) is 11.6 Å². The number of hydrogen-bond acceptors (Lipinski definition) is 5. The van der Waals surface area contributed by atoms with Crippen LogP contribution >= 0.6 is 23.2 Å². The van der Waals surface area contributed by atoms with Gasteiger partial charge in [0, 0.05) is 12.1 Å². The number of hydrogen-bond donors (Lipinski definition) is 1. The Bertz CT molecular complexity index is 808. The molecule has 0 bridgehead atoms. The maximum absolute atomic E-state index is 13.7. The minimum Gasteiger partial charge on any atom is -0.458 e. The number of carbonyl (C=O) groups excluding carboxylic acids is 1. The van der Waals surface area contributed by atoms with E-state index < -0.39 is 46.8 Å². The lowest BCUT2D eigenvalue weighted by Gasteiger charge is -2.21. The second-order valence-electron chi connectivity index (χ2n) is 5.26. The molecule has 0 radical (unpaired) electrons. The van der Waals surface area contributed by atoms with Crippen LogP contribution in [-0.4, -0.2) is 24.1 Å². The summed E-state index contributed by atoms with van der Waals surface area (Å²) in [5, 5.41) is -1.06. The van der Waals surface area contributed by atoms with Gasteiger partial charge in [-0.05, 0) is 5.56 Å². The standard InChI is InChI=1S/C16H12Cl2F4N2O3/c17-9-6-10(23)11(18)14(24-13(9)19)27-12(16(20,21)22)15(25)26-7-8-4-2-1-3-5-8/h1-5,12H,6-7,23H2. The van der Waals surface area contributed by atoms with Crippen LogP contribution < -0.4 is 5.73 Å². The van der Waals surface area contributed by atoms with Crippen LogP contribution in [0.2, 0.25) is 0 Å². The number of rotatable bonds is 4. The number of nitrogens with zero attached hydrogens (tertiary/aromatic N) is 1. The molecule has 0 fully saturated rings. The van der Waals surface area contributed by atoms with Crippen molar-refractivity contribution >= 4 is 35.1 Å². The zero-order valence-corrected chi connectivity index (χ0v) is 14.9. The molecule has 0 amide bonds. The highest BCUT2D eigenvalue weighted by molar-refractivity contribution is 6.43. The topological polar surface area (TPSA) is 73.9 Å². The molecule has 1 atom stereocenters. The van der Waals surface area contributed by atoms with E-state index in [1.165, 1.54) is 0 Å². The average Bonchev–Trinajstić information content (AvgIpc) is 2.69. The molecule has 5 nitrogen and oxygen atoms in total. The highest BCUT2D eigenvalue weighted by Gasteiger charge is 2.49. The Balaban J connectivity index is 2.22. The van der Waals surface area contributed by atoms with Gasteiger partial charge in [0.05, 0.1) is 5.03 Å².